The van der Waals surface area contributed by atoms with Crippen LogP contribution in [0.5, 0.6) is 0 Å². The second-order valence-electron chi connectivity index (χ2n) is 7.57. The fraction of sp³-hybridized carbons (Fsp3) is 0.500. The summed E-state index contributed by atoms with van der Waals surface area (Å²) in [5, 5.41) is 1.13. The zero-order valence-corrected chi connectivity index (χ0v) is 17.2. The quantitative estimate of drug-likeness (QED) is 0.700. The standard InChI is InChI=1S/C20H25N7OS/c21-20-22-11-14(12-23-20)17-24-18(27-6-8-28-9-7-27)16-10-15(29-19(16)25-17)13-26-4-2-1-3-5-26/h10-12H,1-9,13H2,(H2,21,22,23). The van der Waals surface area contributed by atoms with Gasteiger partial charge in [-0.05, 0) is 32.0 Å². The molecule has 0 bridgehead atoms. The van der Waals surface area contributed by atoms with Crippen LogP contribution in [0.25, 0.3) is 21.6 Å². The third kappa shape index (κ3) is 4.03. The molecule has 0 saturated carbocycles. The van der Waals surface area contributed by atoms with E-state index >= 15 is 0 Å². The summed E-state index contributed by atoms with van der Waals surface area (Å²) >= 11 is 1.76. The van der Waals surface area contributed by atoms with Crippen LogP contribution in [-0.2, 0) is 11.3 Å². The molecule has 5 heterocycles. The SMILES string of the molecule is Nc1ncc(-c2nc(N3CCOCC3)c3cc(CN4CCCCC4)sc3n2)cn1. The Morgan fingerprint density at radius 1 is 1.00 bits per heavy atom. The molecule has 2 aliphatic rings. The Morgan fingerprint density at radius 2 is 1.76 bits per heavy atom. The van der Waals surface area contributed by atoms with E-state index in [0.717, 1.165) is 54.4 Å². The number of piperidine rings is 1. The molecule has 0 aromatic carbocycles. The summed E-state index contributed by atoms with van der Waals surface area (Å²) in [5.74, 6) is 1.87. The van der Waals surface area contributed by atoms with Crippen LogP contribution in [0.3, 0.4) is 0 Å². The van der Waals surface area contributed by atoms with Gasteiger partial charge in [-0.15, -0.1) is 11.3 Å². The van der Waals surface area contributed by atoms with Crippen LogP contribution in [0.4, 0.5) is 11.8 Å². The summed E-state index contributed by atoms with van der Waals surface area (Å²) in [6.07, 6.45) is 7.32. The maximum atomic E-state index is 5.65. The van der Waals surface area contributed by atoms with Crippen molar-refractivity contribution in [3.8, 4) is 11.4 Å². The number of rotatable bonds is 4. The van der Waals surface area contributed by atoms with Gasteiger partial charge in [-0.2, -0.15) is 0 Å². The van der Waals surface area contributed by atoms with E-state index in [2.05, 4.69) is 25.8 Å². The number of likely N-dealkylation sites (tertiary alicyclic amines) is 1. The fourth-order valence-electron chi connectivity index (χ4n) is 3.97. The monoisotopic (exact) mass is 411 g/mol. The van der Waals surface area contributed by atoms with Crippen molar-refractivity contribution in [2.75, 3.05) is 50.0 Å². The average molecular weight is 412 g/mol. The van der Waals surface area contributed by atoms with Crippen molar-refractivity contribution in [1.82, 2.24) is 24.8 Å². The maximum absolute atomic E-state index is 5.65. The molecule has 152 valence electrons. The Hall–Kier alpha value is -2.36. The fourth-order valence-corrected chi connectivity index (χ4v) is 5.04. The van der Waals surface area contributed by atoms with E-state index in [9.17, 15) is 0 Å². The van der Waals surface area contributed by atoms with Gasteiger partial charge in [0.2, 0.25) is 5.95 Å². The first kappa shape index (κ1) is 18.7. The Bertz CT molecular complexity index is 978. The summed E-state index contributed by atoms with van der Waals surface area (Å²) in [7, 11) is 0. The van der Waals surface area contributed by atoms with Crippen LogP contribution in [0.2, 0.25) is 0 Å². The third-order valence-corrected chi connectivity index (χ3v) is 6.51. The van der Waals surface area contributed by atoms with E-state index in [0.29, 0.717) is 5.82 Å². The highest BCUT2D eigenvalue weighted by Crippen LogP contribution is 2.34. The first-order valence-electron chi connectivity index (χ1n) is 10.2. The smallest absolute Gasteiger partial charge is 0.219 e. The molecule has 0 radical (unpaired) electrons. The number of hydrogen-bond donors (Lipinski definition) is 1. The number of aromatic nitrogens is 4. The number of thiophene rings is 1. The Morgan fingerprint density at radius 3 is 2.52 bits per heavy atom. The highest BCUT2D eigenvalue weighted by molar-refractivity contribution is 7.18. The van der Waals surface area contributed by atoms with E-state index in [1.165, 1.54) is 37.2 Å². The van der Waals surface area contributed by atoms with Gasteiger partial charge in [0, 0.05) is 36.9 Å². The van der Waals surface area contributed by atoms with Gasteiger partial charge in [-0.1, -0.05) is 6.42 Å². The van der Waals surface area contributed by atoms with Crippen molar-refractivity contribution in [2.45, 2.75) is 25.8 Å². The molecule has 9 heteroatoms. The van der Waals surface area contributed by atoms with Crippen LogP contribution in [0.1, 0.15) is 24.1 Å². The summed E-state index contributed by atoms with van der Waals surface area (Å²) in [5.41, 5.74) is 6.43. The summed E-state index contributed by atoms with van der Waals surface area (Å²) in [6, 6.07) is 2.28. The van der Waals surface area contributed by atoms with Crippen LogP contribution in [-0.4, -0.2) is 64.2 Å². The number of ether oxygens (including phenoxy) is 1. The molecule has 3 aromatic rings. The van der Waals surface area contributed by atoms with Gasteiger partial charge in [0.25, 0.3) is 0 Å². The van der Waals surface area contributed by atoms with Crippen LogP contribution in [0, 0.1) is 0 Å². The summed E-state index contributed by atoms with van der Waals surface area (Å²) in [4.78, 5) is 25.2. The molecule has 0 unspecified atom stereocenters. The summed E-state index contributed by atoms with van der Waals surface area (Å²) in [6.45, 7) is 6.47. The van der Waals surface area contributed by atoms with Gasteiger partial charge in [-0.3, -0.25) is 4.90 Å². The molecule has 0 spiro atoms. The lowest BCUT2D eigenvalue weighted by Crippen LogP contribution is -2.37. The minimum Gasteiger partial charge on any atom is -0.378 e. The molecule has 2 fully saturated rings. The molecule has 2 N–H and O–H groups in total. The normalized spacial score (nSPS) is 18.4. The molecule has 0 atom stereocenters. The molecular formula is C20H25N7OS. The molecule has 8 nitrogen and oxygen atoms in total. The maximum Gasteiger partial charge on any atom is 0.219 e. The second kappa shape index (κ2) is 8.17. The largest absolute Gasteiger partial charge is 0.378 e. The Balaban J connectivity index is 1.54. The Labute approximate surface area is 173 Å². The highest BCUT2D eigenvalue weighted by atomic mass is 32.1. The van der Waals surface area contributed by atoms with E-state index in [-0.39, 0.29) is 5.95 Å². The number of fused-ring (bicyclic) bond motifs is 1. The van der Waals surface area contributed by atoms with Crippen molar-refractivity contribution < 1.29 is 4.74 Å². The van der Waals surface area contributed by atoms with Crippen LogP contribution in [0.15, 0.2) is 18.5 Å². The number of nitrogens with zero attached hydrogens (tertiary/aromatic N) is 6. The molecule has 2 saturated heterocycles. The van der Waals surface area contributed by atoms with E-state index in [4.69, 9.17) is 20.4 Å². The van der Waals surface area contributed by atoms with E-state index in [1.54, 1.807) is 23.7 Å². The van der Waals surface area contributed by atoms with Crippen molar-refractivity contribution in [1.29, 1.82) is 0 Å². The lowest BCUT2D eigenvalue weighted by molar-refractivity contribution is 0.122. The molecule has 29 heavy (non-hydrogen) atoms. The van der Waals surface area contributed by atoms with Gasteiger partial charge in [0.05, 0.1) is 24.2 Å². The van der Waals surface area contributed by atoms with Gasteiger partial charge in [-0.25, -0.2) is 19.9 Å². The number of nitrogen functional groups attached to an aromatic ring is 1. The predicted molar refractivity (Wildman–Crippen MR) is 115 cm³/mol. The Kier molecular flexibility index (Phi) is 5.26. The topological polar surface area (TPSA) is 93.3 Å². The zero-order chi connectivity index (χ0) is 19.6. The van der Waals surface area contributed by atoms with Crippen molar-refractivity contribution >= 4 is 33.3 Å². The minimum absolute atomic E-state index is 0.253. The van der Waals surface area contributed by atoms with Crippen molar-refractivity contribution in [3.63, 3.8) is 0 Å². The van der Waals surface area contributed by atoms with Crippen molar-refractivity contribution in [2.24, 2.45) is 0 Å². The summed E-state index contributed by atoms with van der Waals surface area (Å²) < 4.78 is 5.54. The molecule has 3 aromatic heterocycles. The molecule has 0 amide bonds. The van der Waals surface area contributed by atoms with E-state index in [1.807, 2.05) is 0 Å². The van der Waals surface area contributed by atoms with Gasteiger partial charge >= 0.3 is 0 Å². The second-order valence-corrected chi connectivity index (χ2v) is 8.68. The lowest BCUT2D eigenvalue weighted by atomic mass is 10.1. The van der Waals surface area contributed by atoms with Crippen LogP contribution >= 0.6 is 11.3 Å². The average Bonchev–Trinajstić information content (AvgIpc) is 3.17. The first-order valence-corrected chi connectivity index (χ1v) is 11.0. The van der Waals surface area contributed by atoms with Gasteiger partial charge < -0.3 is 15.4 Å². The molecular weight excluding hydrogens is 386 g/mol. The number of anilines is 2. The number of morpholine rings is 1. The van der Waals surface area contributed by atoms with Gasteiger partial charge in [0.1, 0.15) is 10.6 Å². The number of nitrogens with two attached hydrogens (primary N) is 1. The van der Waals surface area contributed by atoms with Crippen LogP contribution < -0.4 is 10.6 Å². The highest BCUT2D eigenvalue weighted by Gasteiger charge is 2.21. The van der Waals surface area contributed by atoms with Crippen molar-refractivity contribution in [3.05, 3.63) is 23.3 Å². The molecule has 0 aliphatic carbocycles. The molecule has 5 rings (SSSR count). The number of hydrogen-bond acceptors (Lipinski definition) is 9. The third-order valence-electron chi connectivity index (χ3n) is 5.49. The minimum atomic E-state index is 0.253. The molecule has 2 aliphatic heterocycles. The van der Waals surface area contributed by atoms with Gasteiger partial charge in [0.15, 0.2) is 5.82 Å². The zero-order valence-electron chi connectivity index (χ0n) is 16.4. The lowest BCUT2D eigenvalue weighted by Gasteiger charge is -2.28. The predicted octanol–water partition coefficient (Wildman–Crippen LogP) is 2.55. The van der Waals surface area contributed by atoms with E-state index < -0.39 is 0 Å². The first-order chi connectivity index (χ1) is 14.3.